The van der Waals surface area contributed by atoms with Crippen molar-refractivity contribution in [2.45, 2.75) is 37.9 Å². The summed E-state index contributed by atoms with van der Waals surface area (Å²) in [6.07, 6.45) is 3.69. The van der Waals surface area contributed by atoms with Crippen molar-refractivity contribution >= 4 is 0 Å². The van der Waals surface area contributed by atoms with Crippen LogP contribution >= 0.6 is 0 Å². The van der Waals surface area contributed by atoms with Crippen molar-refractivity contribution in [1.82, 2.24) is 0 Å². The molecule has 3 nitrogen and oxygen atoms in total. The van der Waals surface area contributed by atoms with E-state index in [0.717, 1.165) is 25.7 Å². The van der Waals surface area contributed by atoms with Crippen molar-refractivity contribution in [3.8, 4) is 0 Å². The Labute approximate surface area is 67.0 Å². The molecule has 0 saturated heterocycles. The average molecular weight is 160 g/mol. The third-order valence-electron chi connectivity index (χ3n) is 2.04. The molecule has 0 amide bonds. The molecule has 3 heteroatoms. The second-order valence-corrected chi connectivity index (χ2v) is 3.04. The van der Waals surface area contributed by atoms with Crippen molar-refractivity contribution < 1.29 is 14.9 Å². The summed E-state index contributed by atoms with van der Waals surface area (Å²) in [5, 5.41) is 17.7. The van der Waals surface area contributed by atoms with Gasteiger partial charge >= 0.3 is 0 Å². The van der Waals surface area contributed by atoms with Crippen LogP contribution in [0.2, 0.25) is 0 Å². The Morgan fingerprint density at radius 2 is 2.18 bits per heavy atom. The SMILES string of the molecule is OCCOC1CCCC(O)C1. The van der Waals surface area contributed by atoms with Crippen LogP contribution in [0.5, 0.6) is 0 Å². The van der Waals surface area contributed by atoms with Gasteiger partial charge in [-0.3, -0.25) is 0 Å². The molecular weight excluding hydrogens is 144 g/mol. The maximum Gasteiger partial charge on any atom is 0.0701 e. The van der Waals surface area contributed by atoms with E-state index in [0.29, 0.717) is 6.61 Å². The van der Waals surface area contributed by atoms with E-state index in [1.807, 2.05) is 0 Å². The number of aliphatic hydroxyl groups is 2. The van der Waals surface area contributed by atoms with Crippen LogP contribution in [0.25, 0.3) is 0 Å². The average Bonchev–Trinajstić information content (AvgIpc) is 2.01. The first-order valence-electron chi connectivity index (χ1n) is 4.23. The van der Waals surface area contributed by atoms with E-state index in [9.17, 15) is 5.11 Å². The van der Waals surface area contributed by atoms with E-state index in [-0.39, 0.29) is 18.8 Å². The van der Waals surface area contributed by atoms with Gasteiger partial charge in [0.25, 0.3) is 0 Å². The molecule has 0 radical (unpaired) electrons. The molecule has 1 fully saturated rings. The highest BCUT2D eigenvalue weighted by Gasteiger charge is 2.19. The lowest BCUT2D eigenvalue weighted by Gasteiger charge is -2.25. The number of rotatable bonds is 3. The van der Waals surface area contributed by atoms with Gasteiger partial charge < -0.3 is 14.9 Å². The Hall–Kier alpha value is -0.120. The zero-order valence-corrected chi connectivity index (χ0v) is 6.70. The van der Waals surface area contributed by atoms with Gasteiger partial charge in [-0.15, -0.1) is 0 Å². The maximum atomic E-state index is 9.24. The highest BCUT2D eigenvalue weighted by molar-refractivity contribution is 4.71. The van der Waals surface area contributed by atoms with Gasteiger partial charge in [0.05, 0.1) is 25.4 Å². The number of ether oxygens (including phenoxy) is 1. The van der Waals surface area contributed by atoms with Crippen LogP contribution in [0, 0.1) is 0 Å². The van der Waals surface area contributed by atoms with E-state index < -0.39 is 0 Å². The zero-order chi connectivity index (χ0) is 8.10. The summed E-state index contributed by atoms with van der Waals surface area (Å²) in [7, 11) is 0. The second kappa shape index (κ2) is 4.70. The van der Waals surface area contributed by atoms with Gasteiger partial charge in [-0.1, -0.05) is 0 Å². The van der Waals surface area contributed by atoms with E-state index in [4.69, 9.17) is 9.84 Å². The maximum absolute atomic E-state index is 9.24. The van der Waals surface area contributed by atoms with Gasteiger partial charge in [-0.05, 0) is 25.7 Å². The topological polar surface area (TPSA) is 49.7 Å². The molecule has 0 aromatic rings. The normalized spacial score (nSPS) is 32.2. The highest BCUT2D eigenvalue weighted by atomic mass is 16.5. The van der Waals surface area contributed by atoms with Crippen LogP contribution in [0.3, 0.4) is 0 Å². The van der Waals surface area contributed by atoms with E-state index in [2.05, 4.69) is 0 Å². The van der Waals surface area contributed by atoms with Crippen molar-refractivity contribution in [2.75, 3.05) is 13.2 Å². The fourth-order valence-electron chi connectivity index (χ4n) is 1.49. The van der Waals surface area contributed by atoms with Gasteiger partial charge in [0, 0.05) is 0 Å². The third kappa shape index (κ3) is 3.18. The van der Waals surface area contributed by atoms with Gasteiger partial charge in [0.1, 0.15) is 0 Å². The Bertz CT molecular complexity index is 106. The molecular formula is C8H16O3. The third-order valence-corrected chi connectivity index (χ3v) is 2.04. The van der Waals surface area contributed by atoms with Crippen molar-refractivity contribution in [3.05, 3.63) is 0 Å². The summed E-state index contributed by atoms with van der Waals surface area (Å²) < 4.78 is 5.29. The Kier molecular flexibility index (Phi) is 3.83. The summed E-state index contributed by atoms with van der Waals surface area (Å²) >= 11 is 0. The lowest BCUT2D eigenvalue weighted by Crippen LogP contribution is -2.26. The molecule has 2 atom stereocenters. The largest absolute Gasteiger partial charge is 0.394 e. The predicted molar refractivity (Wildman–Crippen MR) is 41.3 cm³/mol. The molecule has 11 heavy (non-hydrogen) atoms. The molecule has 0 aromatic carbocycles. The molecule has 0 bridgehead atoms. The fourth-order valence-corrected chi connectivity index (χ4v) is 1.49. The van der Waals surface area contributed by atoms with Gasteiger partial charge in [-0.2, -0.15) is 0 Å². The number of aliphatic hydroxyl groups excluding tert-OH is 2. The lowest BCUT2D eigenvalue weighted by atomic mass is 9.95. The van der Waals surface area contributed by atoms with Crippen LogP contribution in [-0.4, -0.2) is 35.6 Å². The standard InChI is InChI=1S/C8H16O3/c9-4-5-11-8-3-1-2-7(10)6-8/h7-10H,1-6H2. The molecule has 66 valence electrons. The molecule has 2 N–H and O–H groups in total. The minimum absolute atomic E-state index is 0.0760. The molecule has 1 aliphatic rings. The molecule has 1 saturated carbocycles. The van der Waals surface area contributed by atoms with Gasteiger partial charge in [-0.25, -0.2) is 0 Å². The van der Waals surface area contributed by atoms with E-state index in [1.165, 1.54) is 0 Å². The van der Waals surface area contributed by atoms with E-state index >= 15 is 0 Å². The van der Waals surface area contributed by atoms with Crippen LogP contribution in [0.4, 0.5) is 0 Å². The molecule has 0 heterocycles. The quantitative estimate of drug-likeness (QED) is 0.624. The summed E-state index contributed by atoms with van der Waals surface area (Å²) in [5.74, 6) is 0. The summed E-state index contributed by atoms with van der Waals surface area (Å²) in [4.78, 5) is 0. The van der Waals surface area contributed by atoms with Crippen molar-refractivity contribution in [1.29, 1.82) is 0 Å². The molecule has 1 aliphatic carbocycles. The summed E-state index contributed by atoms with van der Waals surface area (Å²) in [6.45, 7) is 0.476. The van der Waals surface area contributed by atoms with Crippen molar-refractivity contribution in [3.63, 3.8) is 0 Å². The van der Waals surface area contributed by atoms with Crippen LogP contribution in [0.1, 0.15) is 25.7 Å². The molecule has 0 spiro atoms. The second-order valence-electron chi connectivity index (χ2n) is 3.04. The molecule has 0 aromatic heterocycles. The van der Waals surface area contributed by atoms with Crippen LogP contribution in [0.15, 0.2) is 0 Å². The Balaban J connectivity index is 2.12. The molecule has 2 unspecified atom stereocenters. The summed E-state index contributed by atoms with van der Waals surface area (Å²) in [6, 6.07) is 0. The van der Waals surface area contributed by atoms with E-state index in [1.54, 1.807) is 0 Å². The Morgan fingerprint density at radius 3 is 2.82 bits per heavy atom. The zero-order valence-electron chi connectivity index (χ0n) is 6.70. The number of hydrogen-bond acceptors (Lipinski definition) is 3. The first-order valence-corrected chi connectivity index (χ1v) is 4.23. The molecule has 1 rings (SSSR count). The smallest absolute Gasteiger partial charge is 0.0701 e. The monoisotopic (exact) mass is 160 g/mol. The van der Waals surface area contributed by atoms with Gasteiger partial charge in [0.15, 0.2) is 0 Å². The summed E-state index contributed by atoms with van der Waals surface area (Å²) in [5.41, 5.74) is 0. The minimum atomic E-state index is -0.188. The lowest BCUT2D eigenvalue weighted by molar-refractivity contribution is -0.0259. The number of hydrogen-bond donors (Lipinski definition) is 2. The van der Waals surface area contributed by atoms with Crippen molar-refractivity contribution in [2.24, 2.45) is 0 Å². The predicted octanol–water partition coefficient (Wildman–Crippen LogP) is 0.299. The fraction of sp³-hybridized carbons (Fsp3) is 1.00. The first-order chi connectivity index (χ1) is 5.33. The molecule has 0 aliphatic heterocycles. The minimum Gasteiger partial charge on any atom is -0.394 e. The van der Waals surface area contributed by atoms with Gasteiger partial charge in [0.2, 0.25) is 0 Å². The first kappa shape index (κ1) is 8.97. The van der Waals surface area contributed by atoms with Crippen LogP contribution < -0.4 is 0 Å². The highest BCUT2D eigenvalue weighted by Crippen LogP contribution is 2.20. The van der Waals surface area contributed by atoms with Crippen LogP contribution in [-0.2, 0) is 4.74 Å². The Morgan fingerprint density at radius 1 is 1.36 bits per heavy atom.